The number of hydrogen-bond donors (Lipinski definition) is 1. The van der Waals surface area contributed by atoms with Gasteiger partial charge in [-0.1, -0.05) is 13.8 Å². The van der Waals surface area contributed by atoms with E-state index in [1.54, 1.807) is 0 Å². The minimum atomic E-state index is -0.417. The van der Waals surface area contributed by atoms with Gasteiger partial charge in [-0.3, -0.25) is 0 Å². The average Bonchev–Trinajstić information content (AvgIpc) is 2.68. The quantitative estimate of drug-likeness (QED) is 0.814. The first-order valence-electron chi connectivity index (χ1n) is 9.21. The second kappa shape index (κ2) is 9.48. The van der Waals surface area contributed by atoms with Gasteiger partial charge in [0.05, 0.1) is 0 Å². The van der Waals surface area contributed by atoms with E-state index in [9.17, 15) is 4.79 Å². The van der Waals surface area contributed by atoms with Crippen molar-refractivity contribution in [1.82, 2.24) is 15.1 Å². The molecular weight excluding hydrogens is 290 g/mol. The molecule has 0 bridgehead atoms. The van der Waals surface area contributed by atoms with Crippen LogP contribution in [0.5, 0.6) is 0 Å². The molecule has 5 heteroatoms. The lowest BCUT2D eigenvalue weighted by molar-refractivity contribution is 0.0256. The highest BCUT2D eigenvalue weighted by Crippen LogP contribution is 2.16. The molecule has 2 unspecified atom stereocenters. The maximum atomic E-state index is 12.2. The summed E-state index contributed by atoms with van der Waals surface area (Å²) in [5.74, 6) is 0. The molecule has 0 spiro atoms. The Kier molecular flexibility index (Phi) is 8.34. The Hall–Kier alpha value is -0.810. The summed E-state index contributed by atoms with van der Waals surface area (Å²) in [6, 6.07) is 0.973. The highest BCUT2D eigenvalue weighted by molar-refractivity contribution is 5.68. The Morgan fingerprint density at radius 2 is 1.91 bits per heavy atom. The summed E-state index contributed by atoms with van der Waals surface area (Å²) >= 11 is 0. The number of ether oxygens (including phenoxy) is 1. The first-order chi connectivity index (χ1) is 10.7. The molecule has 23 heavy (non-hydrogen) atoms. The number of rotatable bonds is 6. The van der Waals surface area contributed by atoms with E-state index in [0.29, 0.717) is 12.1 Å². The monoisotopic (exact) mass is 327 g/mol. The first kappa shape index (κ1) is 20.2. The topological polar surface area (TPSA) is 44.8 Å². The van der Waals surface area contributed by atoms with Gasteiger partial charge < -0.3 is 19.9 Å². The van der Waals surface area contributed by atoms with Crippen LogP contribution in [0.3, 0.4) is 0 Å². The van der Waals surface area contributed by atoms with Crippen molar-refractivity contribution in [3.05, 3.63) is 0 Å². The van der Waals surface area contributed by atoms with Gasteiger partial charge in [-0.15, -0.1) is 0 Å². The van der Waals surface area contributed by atoms with E-state index >= 15 is 0 Å². The molecule has 1 aliphatic rings. The van der Waals surface area contributed by atoms with Gasteiger partial charge in [0.2, 0.25) is 0 Å². The van der Waals surface area contributed by atoms with Gasteiger partial charge in [-0.25, -0.2) is 4.79 Å². The van der Waals surface area contributed by atoms with E-state index in [-0.39, 0.29) is 6.09 Å². The minimum absolute atomic E-state index is 0.172. The molecule has 0 radical (unpaired) electrons. The van der Waals surface area contributed by atoms with E-state index in [0.717, 1.165) is 52.0 Å². The third-order valence-corrected chi connectivity index (χ3v) is 4.33. The average molecular weight is 328 g/mol. The van der Waals surface area contributed by atoms with Crippen LogP contribution in [0.25, 0.3) is 0 Å². The summed E-state index contributed by atoms with van der Waals surface area (Å²) in [6.07, 6.45) is 2.99. The second-order valence-corrected chi connectivity index (χ2v) is 7.65. The Morgan fingerprint density at radius 1 is 1.26 bits per heavy atom. The van der Waals surface area contributed by atoms with Crippen molar-refractivity contribution in [2.45, 2.75) is 78.5 Å². The third-order valence-electron chi connectivity index (χ3n) is 4.33. The SMILES string of the molecule is CCN(CC)CC(C)NC1CCCN(C(=O)OC(C)(C)C)CC1. The third kappa shape index (κ3) is 8.02. The number of hydrogen-bond acceptors (Lipinski definition) is 4. The molecule has 5 nitrogen and oxygen atoms in total. The summed E-state index contributed by atoms with van der Waals surface area (Å²) in [4.78, 5) is 16.5. The van der Waals surface area contributed by atoms with Gasteiger partial charge >= 0.3 is 6.09 Å². The molecule has 136 valence electrons. The molecule has 1 saturated heterocycles. The summed E-state index contributed by atoms with van der Waals surface area (Å²) < 4.78 is 5.49. The molecule has 2 atom stereocenters. The van der Waals surface area contributed by atoms with Crippen LogP contribution in [0, 0.1) is 0 Å². The van der Waals surface area contributed by atoms with Gasteiger partial charge in [0.15, 0.2) is 0 Å². The zero-order valence-electron chi connectivity index (χ0n) is 16.0. The van der Waals surface area contributed by atoms with Crippen LogP contribution in [0.15, 0.2) is 0 Å². The normalized spacial score (nSPS) is 21.2. The molecule has 1 amide bonds. The maximum absolute atomic E-state index is 12.2. The molecule has 1 rings (SSSR count). The molecule has 1 N–H and O–H groups in total. The molecule has 0 aliphatic carbocycles. The maximum Gasteiger partial charge on any atom is 0.410 e. The highest BCUT2D eigenvalue weighted by atomic mass is 16.6. The lowest BCUT2D eigenvalue weighted by atomic mass is 10.1. The molecule has 1 heterocycles. The zero-order valence-corrected chi connectivity index (χ0v) is 16.0. The van der Waals surface area contributed by atoms with Crippen molar-refractivity contribution in [2.75, 3.05) is 32.7 Å². The van der Waals surface area contributed by atoms with Crippen molar-refractivity contribution in [3.8, 4) is 0 Å². The fraction of sp³-hybridized carbons (Fsp3) is 0.944. The molecular formula is C18H37N3O2. The molecule has 1 aliphatic heterocycles. The van der Waals surface area contributed by atoms with E-state index in [1.807, 2.05) is 25.7 Å². The van der Waals surface area contributed by atoms with Crippen molar-refractivity contribution < 1.29 is 9.53 Å². The van der Waals surface area contributed by atoms with E-state index < -0.39 is 5.60 Å². The summed E-state index contributed by atoms with van der Waals surface area (Å²) in [5, 5.41) is 3.75. The van der Waals surface area contributed by atoms with Gasteiger partial charge in [0, 0.05) is 31.7 Å². The number of amides is 1. The highest BCUT2D eigenvalue weighted by Gasteiger charge is 2.25. The minimum Gasteiger partial charge on any atom is -0.444 e. The molecule has 0 aromatic carbocycles. The first-order valence-corrected chi connectivity index (χ1v) is 9.21. The van der Waals surface area contributed by atoms with Crippen LogP contribution in [0.2, 0.25) is 0 Å². The van der Waals surface area contributed by atoms with Gasteiger partial charge in [-0.2, -0.15) is 0 Å². The van der Waals surface area contributed by atoms with Crippen LogP contribution in [-0.4, -0.2) is 66.3 Å². The molecule has 0 aromatic rings. The van der Waals surface area contributed by atoms with Crippen molar-refractivity contribution >= 4 is 6.09 Å². The standard InChI is InChI=1S/C18H37N3O2/c1-7-20(8-2)14-15(3)19-16-10-9-12-21(13-11-16)17(22)23-18(4,5)6/h15-16,19H,7-14H2,1-6H3. The summed E-state index contributed by atoms with van der Waals surface area (Å²) in [6.45, 7) is 17.3. The predicted octanol–water partition coefficient (Wildman–Crippen LogP) is 3.10. The number of nitrogens with one attached hydrogen (secondary N) is 1. The Morgan fingerprint density at radius 3 is 2.48 bits per heavy atom. The van der Waals surface area contributed by atoms with E-state index in [1.165, 1.54) is 0 Å². The number of carbonyl (C=O) groups is 1. The van der Waals surface area contributed by atoms with Crippen molar-refractivity contribution in [3.63, 3.8) is 0 Å². The largest absolute Gasteiger partial charge is 0.444 e. The molecule has 0 aromatic heterocycles. The second-order valence-electron chi connectivity index (χ2n) is 7.65. The number of nitrogens with zero attached hydrogens (tertiary/aromatic N) is 2. The van der Waals surface area contributed by atoms with Gasteiger partial charge in [-0.05, 0) is 60.0 Å². The smallest absolute Gasteiger partial charge is 0.410 e. The number of likely N-dealkylation sites (tertiary alicyclic amines) is 1. The Bertz CT molecular complexity index is 351. The summed E-state index contributed by atoms with van der Waals surface area (Å²) in [5.41, 5.74) is -0.417. The molecule has 1 fully saturated rings. The fourth-order valence-corrected chi connectivity index (χ4v) is 3.10. The number of carbonyl (C=O) groups excluding carboxylic acids is 1. The van der Waals surface area contributed by atoms with Crippen molar-refractivity contribution in [1.29, 1.82) is 0 Å². The number of likely N-dealkylation sites (N-methyl/N-ethyl adjacent to an activating group) is 1. The van der Waals surface area contributed by atoms with Crippen molar-refractivity contribution in [2.24, 2.45) is 0 Å². The molecule has 0 saturated carbocycles. The van der Waals surface area contributed by atoms with Crippen LogP contribution in [0.1, 0.15) is 60.8 Å². The Balaban J connectivity index is 2.41. The fourth-order valence-electron chi connectivity index (χ4n) is 3.10. The van der Waals surface area contributed by atoms with Crippen LogP contribution in [0.4, 0.5) is 4.79 Å². The van der Waals surface area contributed by atoms with Crippen LogP contribution in [-0.2, 0) is 4.74 Å². The van der Waals surface area contributed by atoms with Gasteiger partial charge in [0.1, 0.15) is 5.60 Å². The lowest BCUT2D eigenvalue weighted by Crippen LogP contribution is -2.44. The van der Waals surface area contributed by atoms with E-state index in [2.05, 4.69) is 31.0 Å². The van der Waals surface area contributed by atoms with Crippen LogP contribution < -0.4 is 5.32 Å². The van der Waals surface area contributed by atoms with Crippen LogP contribution >= 0.6 is 0 Å². The summed E-state index contributed by atoms with van der Waals surface area (Å²) in [7, 11) is 0. The Labute approximate surface area is 142 Å². The lowest BCUT2D eigenvalue weighted by Gasteiger charge is -2.28. The van der Waals surface area contributed by atoms with Gasteiger partial charge in [0.25, 0.3) is 0 Å². The zero-order chi connectivity index (χ0) is 17.5. The predicted molar refractivity (Wildman–Crippen MR) is 95.8 cm³/mol. The van der Waals surface area contributed by atoms with E-state index in [4.69, 9.17) is 4.74 Å².